The van der Waals surface area contributed by atoms with Crippen LogP contribution < -0.4 is 11.5 Å². The summed E-state index contributed by atoms with van der Waals surface area (Å²) in [6.07, 6.45) is -0.383. The average Bonchev–Trinajstić information content (AvgIpc) is 2.97. The number of alkyl halides is 2. The quantitative estimate of drug-likeness (QED) is 0.618. The highest BCUT2D eigenvalue weighted by atomic mass is 19.3. The summed E-state index contributed by atoms with van der Waals surface area (Å²) >= 11 is 0. The van der Waals surface area contributed by atoms with Gasteiger partial charge >= 0.3 is 0 Å². The maximum Gasteiger partial charge on any atom is 0.280 e. The van der Waals surface area contributed by atoms with Gasteiger partial charge in [-0.1, -0.05) is 6.07 Å². The molecule has 3 rings (SSSR count). The molecule has 0 bridgehead atoms. The second kappa shape index (κ2) is 7.97. The molecule has 0 fully saturated rings. The molecular weight excluding hydrogens is 396 g/mol. The Morgan fingerprint density at radius 1 is 1.33 bits per heavy atom. The van der Waals surface area contributed by atoms with Crippen molar-refractivity contribution in [3.05, 3.63) is 65.2 Å². The summed E-state index contributed by atoms with van der Waals surface area (Å²) in [6, 6.07) is 6.79. The van der Waals surface area contributed by atoms with E-state index >= 15 is 0 Å². The van der Waals surface area contributed by atoms with Gasteiger partial charge in [0, 0.05) is 18.8 Å². The van der Waals surface area contributed by atoms with Gasteiger partial charge in [-0.3, -0.25) is 14.7 Å². The van der Waals surface area contributed by atoms with E-state index in [1.54, 1.807) is 6.92 Å². The summed E-state index contributed by atoms with van der Waals surface area (Å²) in [5, 5.41) is 10.2. The minimum absolute atomic E-state index is 0.0807. The lowest BCUT2D eigenvalue weighted by Crippen LogP contribution is -2.41. The van der Waals surface area contributed by atoms with E-state index in [1.165, 1.54) is 43.8 Å². The van der Waals surface area contributed by atoms with Crippen LogP contribution in [0.2, 0.25) is 0 Å². The zero-order valence-electron chi connectivity index (χ0n) is 16.3. The van der Waals surface area contributed by atoms with Crippen molar-refractivity contribution in [1.29, 1.82) is 0 Å². The fourth-order valence-electron chi connectivity index (χ4n) is 3.21. The monoisotopic (exact) mass is 417 g/mol. The number of aliphatic imine (C=N–C) groups is 1. The number of phenols is 1. The molecule has 1 atom stereocenters. The average molecular weight is 417 g/mol. The number of aromatic nitrogens is 1. The molecule has 1 aliphatic rings. The lowest BCUT2D eigenvalue weighted by molar-refractivity contribution is -0.129. The highest BCUT2D eigenvalue weighted by Gasteiger charge is 2.50. The highest BCUT2D eigenvalue weighted by molar-refractivity contribution is 6.09. The lowest BCUT2D eigenvalue weighted by Gasteiger charge is -2.27. The smallest absolute Gasteiger partial charge is 0.280 e. The Morgan fingerprint density at radius 3 is 2.63 bits per heavy atom. The van der Waals surface area contributed by atoms with Crippen molar-refractivity contribution in [1.82, 2.24) is 9.88 Å². The first-order valence-electron chi connectivity index (χ1n) is 9.01. The van der Waals surface area contributed by atoms with Crippen molar-refractivity contribution in [2.45, 2.75) is 18.9 Å². The number of aromatic hydroxyl groups is 1. The minimum Gasteiger partial charge on any atom is -0.507 e. The number of hydrogen-bond acceptors (Lipinski definition) is 7. The van der Waals surface area contributed by atoms with Crippen LogP contribution in [0.3, 0.4) is 0 Å². The molecule has 158 valence electrons. The largest absolute Gasteiger partial charge is 0.507 e. The standard InChI is InChI=1S/C20H21F2N5O3/c1-3-30-10-14(23)13-8-11(4-5-16(13)28)20(18(29)27(2)19(24)26-20)12-6-7-25-15(9-12)17(21)22/h4-10,17,28H,3,23H2,1-2H3,(H2,24,26)/b14-10-. The van der Waals surface area contributed by atoms with E-state index in [0.29, 0.717) is 6.61 Å². The summed E-state index contributed by atoms with van der Waals surface area (Å²) in [6.45, 7) is 2.13. The number of carbonyl (C=O) groups excluding carboxylic acids is 1. The van der Waals surface area contributed by atoms with Crippen molar-refractivity contribution in [3.63, 3.8) is 0 Å². The van der Waals surface area contributed by atoms with E-state index in [4.69, 9.17) is 16.2 Å². The number of phenolic OH excluding ortho intramolecular Hbond substituents is 1. The van der Waals surface area contributed by atoms with Gasteiger partial charge in [0.1, 0.15) is 17.7 Å². The number of pyridine rings is 1. The van der Waals surface area contributed by atoms with Crippen molar-refractivity contribution in [2.75, 3.05) is 13.7 Å². The third-order valence-electron chi connectivity index (χ3n) is 4.76. The minimum atomic E-state index is -2.84. The number of nitrogens with zero attached hydrogens (tertiary/aromatic N) is 3. The van der Waals surface area contributed by atoms with Crippen LogP contribution in [0.15, 0.2) is 47.8 Å². The van der Waals surface area contributed by atoms with Crippen LogP contribution in [0.1, 0.15) is 35.7 Å². The maximum absolute atomic E-state index is 13.3. The highest BCUT2D eigenvalue weighted by Crippen LogP contribution is 2.41. The molecule has 0 spiro atoms. The van der Waals surface area contributed by atoms with Crippen LogP contribution >= 0.6 is 0 Å². The Kier molecular flexibility index (Phi) is 5.59. The Bertz CT molecular complexity index is 1040. The van der Waals surface area contributed by atoms with E-state index in [2.05, 4.69) is 9.98 Å². The number of nitrogens with two attached hydrogens (primary N) is 2. The molecule has 8 nitrogen and oxygen atoms in total. The molecule has 0 radical (unpaired) electrons. The molecular formula is C20H21F2N5O3. The number of carbonyl (C=O) groups is 1. The van der Waals surface area contributed by atoms with Crippen molar-refractivity contribution >= 4 is 17.6 Å². The molecule has 0 saturated heterocycles. The van der Waals surface area contributed by atoms with E-state index in [1.807, 2.05) is 0 Å². The fraction of sp³-hybridized carbons (Fsp3) is 0.250. The number of rotatable bonds is 6. The van der Waals surface area contributed by atoms with Crippen molar-refractivity contribution in [3.8, 4) is 5.75 Å². The third-order valence-corrected chi connectivity index (χ3v) is 4.76. The van der Waals surface area contributed by atoms with Gasteiger partial charge < -0.3 is 21.3 Å². The predicted molar refractivity (Wildman–Crippen MR) is 106 cm³/mol. The summed E-state index contributed by atoms with van der Waals surface area (Å²) in [7, 11) is 1.43. The topological polar surface area (TPSA) is 127 Å². The summed E-state index contributed by atoms with van der Waals surface area (Å²) in [4.78, 5) is 22.4. The molecule has 1 aromatic heterocycles. The zero-order chi connectivity index (χ0) is 22.1. The van der Waals surface area contributed by atoms with Crippen LogP contribution in [-0.2, 0) is 15.1 Å². The van der Waals surface area contributed by atoms with Gasteiger partial charge in [0.05, 0.1) is 12.3 Å². The molecule has 1 amide bonds. The van der Waals surface area contributed by atoms with Crippen LogP contribution in [0, 0.1) is 0 Å². The summed E-state index contributed by atoms with van der Waals surface area (Å²) < 4.78 is 31.7. The third kappa shape index (κ3) is 3.40. The van der Waals surface area contributed by atoms with Crippen LogP contribution in [0.5, 0.6) is 5.75 Å². The van der Waals surface area contributed by atoms with E-state index in [0.717, 1.165) is 11.0 Å². The Hall–Kier alpha value is -3.69. The van der Waals surface area contributed by atoms with Crippen molar-refractivity contribution < 1.29 is 23.4 Å². The Labute approximate surface area is 171 Å². The predicted octanol–water partition coefficient (Wildman–Crippen LogP) is 2.05. The zero-order valence-corrected chi connectivity index (χ0v) is 16.3. The second-order valence-electron chi connectivity index (χ2n) is 6.58. The second-order valence-corrected chi connectivity index (χ2v) is 6.58. The number of amides is 1. The summed E-state index contributed by atoms with van der Waals surface area (Å²) in [5.41, 5.74) is 10.4. The molecule has 30 heavy (non-hydrogen) atoms. The van der Waals surface area contributed by atoms with E-state index < -0.39 is 23.6 Å². The van der Waals surface area contributed by atoms with Gasteiger partial charge in [0.15, 0.2) is 11.5 Å². The fourth-order valence-corrected chi connectivity index (χ4v) is 3.21. The Balaban J connectivity index is 2.26. The van der Waals surface area contributed by atoms with Gasteiger partial charge in [0.25, 0.3) is 12.3 Å². The molecule has 2 aromatic rings. The normalized spacial score (nSPS) is 19.4. The van der Waals surface area contributed by atoms with Gasteiger partial charge in [-0.25, -0.2) is 13.8 Å². The SMILES string of the molecule is CCO/C=C(\N)c1cc(C2(c3ccnc(C(F)F)c3)N=C(N)N(C)C2=O)ccc1O. The molecule has 1 aliphatic heterocycles. The molecule has 1 aromatic carbocycles. The van der Waals surface area contributed by atoms with E-state index in [9.17, 15) is 18.7 Å². The number of benzene rings is 1. The first-order valence-corrected chi connectivity index (χ1v) is 9.01. The van der Waals surface area contributed by atoms with Crippen molar-refractivity contribution in [2.24, 2.45) is 16.5 Å². The number of hydrogen-bond donors (Lipinski definition) is 3. The first kappa shape index (κ1) is 21.0. The van der Waals surface area contributed by atoms with Gasteiger partial charge in [-0.15, -0.1) is 0 Å². The number of ether oxygens (including phenoxy) is 1. The molecule has 5 N–H and O–H groups in total. The van der Waals surface area contributed by atoms with Crippen LogP contribution in [0.4, 0.5) is 8.78 Å². The number of guanidine groups is 1. The number of halogens is 2. The number of likely N-dealkylation sites (N-methyl/N-ethyl adjacent to an activating group) is 1. The molecule has 0 aliphatic carbocycles. The van der Waals surface area contributed by atoms with Crippen LogP contribution in [-0.4, -0.2) is 40.5 Å². The van der Waals surface area contributed by atoms with Crippen LogP contribution in [0.25, 0.3) is 5.70 Å². The molecule has 0 saturated carbocycles. The van der Waals surface area contributed by atoms with Gasteiger partial charge in [-0.05, 0) is 42.3 Å². The molecule has 2 heterocycles. The van der Waals surface area contributed by atoms with E-state index in [-0.39, 0.29) is 34.1 Å². The lowest BCUT2D eigenvalue weighted by atomic mass is 9.82. The molecule has 1 unspecified atom stereocenters. The summed E-state index contributed by atoms with van der Waals surface area (Å²) in [5.74, 6) is -0.778. The molecule has 10 heteroatoms. The van der Waals surface area contributed by atoms with Gasteiger partial charge in [-0.2, -0.15) is 0 Å². The van der Waals surface area contributed by atoms with Gasteiger partial charge in [0.2, 0.25) is 0 Å². The Morgan fingerprint density at radius 2 is 2.03 bits per heavy atom. The first-order chi connectivity index (χ1) is 14.2. The maximum atomic E-state index is 13.3.